The van der Waals surface area contributed by atoms with E-state index < -0.39 is 0 Å². The maximum absolute atomic E-state index is 5.90. The molecule has 1 heterocycles. The van der Waals surface area contributed by atoms with Crippen molar-refractivity contribution >= 4 is 5.82 Å². The van der Waals surface area contributed by atoms with Crippen LogP contribution < -0.4 is 10.1 Å². The molecular formula is C16H30N4O. The second-order valence-corrected chi connectivity index (χ2v) is 5.07. The number of aromatic nitrogens is 2. The number of hydrogen-bond acceptors (Lipinski definition) is 5. The zero-order valence-electron chi connectivity index (χ0n) is 14.2. The molecule has 0 saturated carbocycles. The van der Waals surface area contributed by atoms with Crippen molar-refractivity contribution < 1.29 is 4.74 Å². The summed E-state index contributed by atoms with van der Waals surface area (Å²) in [5.74, 6) is 2.45. The van der Waals surface area contributed by atoms with Crippen molar-refractivity contribution in [1.29, 1.82) is 0 Å². The number of aryl methyl sites for hydroxylation is 1. The Morgan fingerprint density at radius 3 is 2.38 bits per heavy atom. The first-order valence-corrected chi connectivity index (χ1v) is 8.12. The van der Waals surface area contributed by atoms with Gasteiger partial charge in [0.2, 0.25) is 5.88 Å². The Morgan fingerprint density at radius 2 is 1.81 bits per heavy atom. The van der Waals surface area contributed by atoms with Crippen LogP contribution in [0.25, 0.3) is 0 Å². The van der Waals surface area contributed by atoms with E-state index in [2.05, 4.69) is 47.9 Å². The van der Waals surface area contributed by atoms with Gasteiger partial charge in [-0.05, 0) is 26.4 Å². The molecule has 1 aromatic rings. The van der Waals surface area contributed by atoms with E-state index in [0.29, 0.717) is 12.5 Å². The highest BCUT2D eigenvalue weighted by Crippen LogP contribution is 2.22. The van der Waals surface area contributed by atoms with Crippen LogP contribution in [0.5, 0.6) is 5.88 Å². The van der Waals surface area contributed by atoms with Crippen LogP contribution >= 0.6 is 0 Å². The van der Waals surface area contributed by atoms with Crippen LogP contribution in [0.1, 0.15) is 45.5 Å². The lowest BCUT2D eigenvalue weighted by atomic mass is 10.3. The number of anilines is 1. The van der Waals surface area contributed by atoms with Gasteiger partial charge in [0.1, 0.15) is 18.2 Å². The number of ether oxygens (including phenoxy) is 1. The van der Waals surface area contributed by atoms with Crippen LogP contribution in [-0.2, 0) is 6.42 Å². The lowest BCUT2D eigenvalue weighted by Gasteiger charge is -2.19. The predicted octanol–water partition coefficient (Wildman–Crippen LogP) is 2.89. The number of rotatable bonds is 10. The Bertz CT molecular complexity index is 419. The van der Waals surface area contributed by atoms with E-state index in [1.807, 2.05) is 6.92 Å². The summed E-state index contributed by atoms with van der Waals surface area (Å²) in [5.41, 5.74) is 1.00. The van der Waals surface area contributed by atoms with Gasteiger partial charge in [-0.1, -0.05) is 27.7 Å². The summed E-state index contributed by atoms with van der Waals surface area (Å²) in [5, 5.41) is 3.36. The van der Waals surface area contributed by atoms with Gasteiger partial charge in [0.25, 0.3) is 0 Å². The second kappa shape index (κ2) is 9.55. The Hall–Kier alpha value is -1.36. The predicted molar refractivity (Wildman–Crippen MR) is 88.2 cm³/mol. The van der Waals surface area contributed by atoms with E-state index in [0.717, 1.165) is 56.2 Å². The van der Waals surface area contributed by atoms with Crippen LogP contribution in [0.3, 0.4) is 0 Å². The largest absolute Gasteiger partial charge is 0.476 e. The van der Waals surface area contributed by atoms with E-state index in [-0.39, 0.29) is 0 Å². The summed E-state index contributed by atoms with van der Waals surface area (Å²) >= 11 is 0. The molecule has 0 saturated heterocycles. The smallest absolute Gasteiger partial charge is 0.221 e. The topological polar surface area (TPSA) is 50.3 Å². The Labute approximate surface area is 129 Å². The molecular weight excluding hydrogens is 264 g/mol. The van der Waals surface area contributed by atoms with Gasteiger partial charge in [0.15, 0.2) is 0 Å². The maximum Gasteiger partial charge on any atom is 0.221 e. The van der Waals surface area contributed by atoms with Crippen molar-refractivity contribution in [2.45, 2.75) is 47.5 Å². The highest BCUT2D eigenvalue weighted by molar-refractivity contribution is 5.48. The van der Waals surface area contributed by atoms with E-state index in [4.69, 9.17) is 4.74 Å². The van der Waals surface area contributed by atoms with Gasteiger partial charge in [0.05, 0.1) is 5.56 Å². The molecule has 1 aromatic heterocycles. The zero-order chi connectivity index (χ0) is 15.7. The van der Waals surface area contributed by atoms with Crippen LogP contribution in [0.15, 0.2) is 0 Å². The number of hydrogen-bond donors (Lipinski definition) is 1. The van der Waals surface area contributed by atoms with Gasteiger partial charge in [-0.2, -0.15) is 4.98 Å². The third kappa shape index (κ3) is 5.50. The molecule has 5 nitrogen and oxygen atoms in total. The minimum atomic E-state index is 0.663. The molecule has 21 heavy (non-hydrogen) atoms. The van der Waals surface area contributed by atoms with Crippen molar-refractivity contribution in [2.75, 3.05) is 38.1 Å². The van der Waals surface area contributed by atoms with E-state index in [1.54, 1.807) is 0 Å². The zero-order valence-corrected chi connectivity index (χ0v) is 14.2. The highest BCUT2D eigenvalue weighted by atomic mass is 16.5. The lowest BCUT2D eigenvalue weighted by Crippen LogP contribution is -2.28. The molecule has 0 atom stereocenters. The molecule has 0 aliphatic rings. The van der Waals surface area contributed by atoms with Crippen LogP contribution in [0.2, 0.25) is 0 Å². The van der Waals surface area contributed by atoms with Gasteiger partial charge in [0, 0.05) is 19.5 Å². The third-order valence-electron chi connectivity index (χ3n) is 3.55. The molecule has 5 heteroatoms. The monoisotopic (exact) mass is 294 g/mol. The Morgan fingerprint density at radius 1 is 1.10 bits per heavy atom. The van der Waals surface area contributed by atoms with Crippen molar-refractivity contribution in [3.8, 4) is 5.88 Å². The number of likely N-dealkylation sites (N-methyl/N-ethyl adjacent to an activating group) is 1. The summed E-state index contributed by atoms with van der Waals surface area (Å²) < 4.78 is 5.90. The van der Waals surface area contributed by atoms with Gasteiger partial charge in [-0.25, -0.2) is 4.98 Å². The van der Waals surface area contributed by atoms with Crippen LogP contribution in [0, 0.1) is 6.92 Å². The van der Waals surface area contributed by atoms with Gasteiger partial charge >= 0.3 is 0 Å². The average Bonchev–Trinajstić information content (AvgIpc) is 2.51. The van der Waals surface area contributed by atoms with Gasteiger partial charge in [-0.3, -0.25) is 0 Å². The fourth-order valence-electron chi connectivity index (χ4n) is 2.07. The van der Waals surface area contributed by atoms with E-state index in [9.17, 15) is 0 Å². The third-order valence-corrected chi connectivity index (χ3v) is 3.55. The quantitative estimate of drug-likeness (QED) is 0.719. The standard InChI is InChI=1S/C16H30N4O/c1-6-10-17-15-13(5)16(19-14(7-2)18-15)21-12-11-20(8-3)9-4/h6-12H2,1-5H3,(H,17,18,19). The van der Waals surface area contributed by atoms with E-state index >= 15 is 0 Å². The molecule has 0 spiro atoms. The van der Waals surface area contributed by atoms with Crippen molar-refractivity contribution in [2.24, 2.45) is 0 Å². The van der Waals surface area contributed by atoms with Crippen molar-refractivity contribution in [1.82, 2.24) is 14.9 Å². The number of nitrogens with zero attached hydrogens (tertiary/aromatic N) is 3. The summed E-state index contributed by atoms with van der Waals surface area (Å²) in [6, 6.07) is 0. The molecule has 0 aromatic carbocycles. The minimum Gasteiger partial charge on any atom is -0.476 e. The first kappa shape index (κ1) is 17.7. The maximum atomic E-state index is 5.90. The lowest BCUT2D eigenvalue weighted by molar-refractivity contribution is 0.216. The molecule has 0 fully saturated rings. The molecule has 1 N–H and O–H groups in total. The molecule has 0 aliphatic carbocycles. The summed E-state index contributed by atoms with van der Waals surface area (Å²) in [6.45, 7) is 15.2. The molecule has 0 aliphatic heterocycles. The first-order chi connectivity index (χ1) is 10.2. The summed E-state index contributed by atoms with van der Waals surface area (Å²) in [7, 11) is 0. The molecule has 1 rings (SSSR count). The molecule has 120 valence electrons. The van der Waals surface area contributed by atoms with Gasteiger partial charge < -0.3 is 15.0 Å². The van der Waals surface area contributed by atoms with Crippen LogP contribution in [0.4, 0.5) is 5.82 Å². The van der Waals surface area contributed by atoms with Gasteiger partial charge in [-0.15, -0.1) is 0 Å². The average molecular weight is 294 g/mol. The second-order valence-electron chi connectivity index (χ2n) is 5.07. The first-order valence-electron chi connectivity index (χ1n) is 8.12. The minimum absolute atomic E-state index is 0.663. The molecule has 0 bridgehead atoms. The summed E-state index contributed by atoms with van der Waals surface area (Å²) in [6.07, 6.45) is 1.89. The fraction of sp³-hybridized carbons (Fsp3) is 0.750. The SMILES string of the molecule is CCCNc1nc(CC)nc(OCCN(CC)CC)c1C. The normalized spacial score (nSPS) is 11.0. The van der Waals surface area contributed by atoms with Crippen molar-refractivity contribution in [3.05, 3.63) is 11.4 Å². The highest BCUT2D eigenvalue weighted by Gasteiger charge is 2.11. The molecule has 0 amide bonds. The van der Waals surface area contributed by atoms with Crippen LogP contribution in [-0.4, -0.2) is 47.7 Å². The summed E-state index contributed by atoms with van der Waals surface area (Å²) in [4.78, 5) is 11.4. The van der Waals surface area contributed by atoms with E-state index in [1.165, 1.54) is 0 Å². The molecule has 0 radical (unpaired) electrons. The Kier molecular flexibility index (Phi) is 8.05. The molecule has 0 unspecified atom stereocenters. The van der Waals surface area contributed by atoms with Crippen molar-refractivity contribution in [3.63, 3.8) is 0 Å². The Balaban J connectivity index is 2.75. The fourth-order valence-corrected chi connectivity index (χ4v) is 2.07. The number of nitrogens with one attached hydrogen (secondary N) is 1.